The van der Waals surface area contributed by atoms with Gasteiger partial charge in [0, 0.05) is 23.1 Å². The van der Waals surface area contributed by atoms with Gasteiger partial charge in [0.2, 0.25) is 0 Å². The summed E-state index contributed by atoms with van der Waals surface area (Å²) < 4.78 is 6.25. The van der Waals surface area contributed by atoms with Gasteiger partial charge < -0.3 is 19.6 Å². The molecular formula is C23H24BrClN2O4. The fourth-order valence-electron chi connectivity index (χ4n) is 3.52. The molecule has 0 radical (unpaired) electrons. The van der Waals surface area contributed by atoms with Crippen LogP contribution in [0.4, 0.5) is 0 Å². The van der Waals surface area contributed by atoms with Gasteiger partial charge in [-0.25, -0.2) is 0 Å². The molecule has 0 unspecified atom stereocenters. The van der Waals surface area contributed by atoms with Gasteiger partial charge in [0.1, 0.15) is 11.5 Å². The minimum absolute atomic E-state index is 0.0436. The Hall–Kier alpha value is -2.35. The fourth-order valence-corrected chi connectivity index (χ4v) is 4.17. The van der Waals surface area contributed by atoms with Crippen LogP contribution in [0.15, 0.2) is 52.5 Å². The van der Waals surface area contributed by atoms with Crippen LogP contribution in [0.2, 0.25) is 5.02 Å². The highest BCUT2D eigenvalue weighted by molar-refractivity contribution is 9.10. The minimum Gasteiger partial charge on any atom is -0.507 e. The second-order valence-electron chi connectivity index (χ2n) is 7.43. The van der Waals surface area contributed by atoms with Gasteiger partial charge in [-0.1, -0.05) is 39.7 Å². The SMILES string of the molecule is CCOc1ccc(/C(O)=C2\C(=O)C(=O)N(CCN(C)C)[C@@H]2c2cccc(Br)c2)cc1Cl. The van der Waals surface area contributed by atoms with Gasteiger partial charge in [-0.05, 0) is 56.9 Å². The molecule has 2 aromatic carbocycles. The van der Waals surface area contributed by atoms with Gasteiger partial charge >= 0.3 is 0 Å². The fraction of sp³-hybridized carbons (Fsp3) is 0.304. The molecule has 1 aliphatic rings. The summed E-state index contributed by atoms with van der Waals surface area (Å²) in [5.41, 5.74) is 1.12. The summed E-state index contributed by atoms with van der Waals surface area (Å²) in [5.74, 6) is -1.13. The Morgan fingerprint density at radius 1 is 1.23 bits per heavy atom. The molecule has 1 aliphatic heterocycles. The van der Waals surface area contributed by atoms with Crippen molar-refractivity contribution in [3.8, 4) is 5.75 Å². The number of hydrogen-bond donors (Lipinski definition) is 1. The highest BCUT2D eigenvalue weighted by Crippen LogP contribution is 2.40. The number of likely N-dealkylation sites (tertiary alicyclic amines) is 1. The summed E-state index contributed by atoms with van der Waals surface area (Å²) in [6.07, 6.45) is 0. The molecule has 1 N–H and O–H groups in total. The summed E-state index contributed by atoms with van der Waals surface area (Å²) >= 11 is 9.73. The maximum atomic E-state index is 13.0. The lowest BCUT2D eigenvalue weighted by atomic mass is 9.95. The molecular weight excluding hydrogens is 484 g/mol. The number of aliphatic hydroxyl groups excluding tert-OH is 1. The molecule has 6 nitrogen and oxygen atoms in total. The second kappa shape index (κ2) is 9.85. The van der Waals surface area contributed by atoms with E-state index in [0.717, 1.165) is 10.0 Å². The molecule has 164 valence electrons. The van der Waals surface area contributed by atoms with E-state index < -0.39 is 17.7 Å². The van der Waals surface area contributed by atoms with E-state index >= 15 is 0 Å². The van der Waals surface area contributed by atoms with Crippen molar-refractivity contribution in [1.82, 2.24) is 9.80 Å². The maximum absolute atomic E-state index is 13.0. The molecule has 1 atom stereocenters. The van der Waals surface area contributed by atoms with Crippen molar-refractivity contribution in [3.05, 3.63) is 68.7 Å². The van der Waals surface area contributed by atoms with Gasteiger partial charge in [0.05, 0.1) is 23.2 Å². The summed E-state index contributed by atoms with van der Waals surface area (Å²) in [6, 6.07) is 11.5. The zero-order valence-electron chi connectivity index (χ0n) is 17.6. The van der Waals surface area contributed by atoms with Gasteiger partial charge in [-0.15, -0.1) is 0 Å². The van der Waals surface area contributed by atoms with Crippen molar-refractivity contribution in [1.29, 1.82) is 0 Å². The van der Waals surface area contributed by atoms with Crippen molar-refractivity contribution >= 4 is 45.0 Å². The molecule has 31 heavy (non-hydrogen) atoms. The van der Waals surface area contributed by atoms with E-state index in [0.29, 0.717) is 36.0 Å². The second-order valence-corrected chi connectivity index (χ2v) is 8.75. The van der Waals surface area contributed by atoms with E-state index in [2.05, 4.69) is 15.9 Å². The van der Waals surface area contributed by atoms with Crippen molar-refractivity contribution in [3.63, 3.8) is 0 Å². The third-order valence-electron chi connectivity index (χ3n) is 5.00. The summed E-state index contributed by atoms with van der Waals surface area (Å²) in [5, 5.41) is 11.4. The van der Waals surface area contributed by atoms with Gasteiger partial charge in [-0.2, -0.15) is 0 Å². The van der Waals surface area contributed by atoms with Crippen molar-refractivity contribution in [2.24, 2.45) is 0 Å². The number of carbonyl (C=O) groups is 2. The van der Waals surface area contributed by atoms with Crippen LogP contribution in [-0.2, 0) is 9.59 Å². The van der Waals surface area contributed by atoms with Crippen LogP contribution in [0.25, 0.3) is 5.76 Å². The molecule has 3 rings (SSSR count). The van der Waals surface area contributed by atoms with E-state index in [4.69, 9.17) is 16.3 Å². The molecule has 0 bridgehead atoms. The zero-order valence-corrected chi connectivity index (χ0v) is 19.9. The van der Waals surface area contributed by atoms with Crippen LogP contribution < -0.4 is 4.74 Å². The Bertz CT molecular complexity index is 1040. The van der Waals surface area contributed by atoms with E-state index in [-0.39, 0.29) is 11.3 Å². The van der Waals surface area contributed by atoms with Gasteiger partial charge in [-0.3, -0.25) is 9.59 Å². The normalized spacial score (nSPS) is 18.1. The molecule has 2 aromatic rings. The highest BCUT2D eigenvalue weighted by Gasteiger charge is 2.45. The average molecular weight is 508 g/mol. The van der Waals surface area contributed by atoms with Gasteiger partial charge in [0.15, 0.2) is 0 Å². The third-order valence-corrected chi connectivity index (χ3v) is 5.79. The summed E-state index contributed by atoms with van der Waals surface area (Å²) in [6.45, 7) is 3.21. The minimum atomic E-state index is -0.716. The first-order valence-corrected chi connectivity index (χ1v) is 11.0. The number of aliphatic hydroxyl groups is 1. The smallest absolute Gasteiger partial charge is 0.295 e. The van der Waals surface area contributed by atoms with Crippen LogP contribution in [0.1, 0.15) is 24.1 Å². The van der Waals surface area contributed by atoms with Crippen molar-refractivity contribution in [2.75, 3.05) is 33.8 Å². The number of nitrogens with zero attached hydrogens (tertiary/aromatic N) is 2. The number of rotatable bonds is 7. The van der Waals surface area contributed by atoms with Gasteiger partial charge in [0.25, 0.3) is 11.7 Å². The van der Waals surface area contributed by atoms with Crippen LogP contribution in [0, 0.1) is 0 Å². The van der Waals surface area contributed by atoms with Crippen molar-refractivity contribution in [2.45, 2.75) is 13.0 Å². The first kappa shape index (κ1) is 23.3. The van der Waals surface area contributed by atoms with E-state index in [1.54, 1.807) is 12.1 Å². The topological polar surface area (TPSA) is 70.1 Å². The Balaban J connectivity index is 2.13. The molecule has 1 amide bonds. The number of hydrogen-bond acceptors (Lipinski definition) is 5. The molecule has 0 spiro atoms. The van der Waals surface area contributed by atoms with E-state index in [9.17, 15) is 14.7 Å². The van der Waals surface area contributed by atoms with E-state index in [1.807, 2.05) is 50.2 Å². The van der Waals surface area contributed by atoms with Crippen LogP contribution in [0.5, 0.6) is 5.75 Å². The predicted molar refractivity (Wildman–Crippen MR) is 124 cm³/mol. The monoisotopic (exact) mass is 506 g/mol. The first-order valence-electron chi connectivity index (χ1n) is 9.86. The number of likely N-dealkylation sites (N-methyl/N-ethyl adjacent to an activating group) is 1. The molecule has 1 heterocycles. The third kappa shape index (κ3) is 4.95. The van der Waals surface area contributed by atoms with Crippen LogP contribution in [-0.4, -0.2) is 60.4 Å². The molecule has 0 saturated carbocycles. The zero-order chi connectivity index (χ0) is 22.7. The number of ether oxygens (including phenoxy) is 1. The lowest BCUT2D eigenvalue weighted by molar-refractivity contribution is -0.140. The lowest BCUT2D eigenvalue weighted by Gasteiger charge is -2.26. The number of amides is 1. The molecule has 0 aromatic heterocycles. The van der Waals surface area contributed by atoms with Crippen LogP contribution in [0.3, 0.4) is 0 Å². The molecule has 1 saturated heterocycles. The number of halogens is 2. The van der Waals surface area contributed by atoms with Crippen LogP contribution >= 0.6 is 27.5 Å². The predicted octanol–water partition coefficient (Wildman–Crippen LogP) is 4.48. The first-order chi connectivity index (χ1) is 14.7. The Kier molecular flexibility index (Phi) is 7.41. The maximum Gasteiger partial charge on any atom is 0.295 e. The lowest BCUT2D eigenvalue weighted by Crippen LogP contribution is -2.35. The molecule has 8 heteroatoms. The standard InChI is InChI=1S/C23H24BrClN2O4/c1-4-31-18-9-8-15(13-17(18)25)21(28)19-20(14-6-5-7-16(24)12-14)27(11-10-26(2)3)23(30)22(19)29/h5-9,12-13,20,28H,4,10-11H2,1-3H3/b21-19+/t20-/m1/s1. The average Bonchev–Trinajstić information content (AvgIpc) is 2.98. The Morgan fingerprint density at radius 3 is 2.58 bits per heavy atom. The molecule has 0 aliphatic carbocycles. The number of benzene rings is 2. The number of carbonyl (C=O) groups excluding carboxylic acids is 2. The number of Topliss-reactive ketones (excluding diaryl/α,β-unsaturated/α-hetero) is 1. The largest absolute Gasteiger partial charge is 0.507 e. The Morgan fingerprint density at radius 2 is 1.97 bits per heavy atom. The summed E-state index contributed by atoms with van der Waals surface area (Å²) in [7, 11) is 3.79. The van der Waals surface area contributed by atoms with E-state index in [1.165, 1.54) is 11.0 Å². The molecule has 1 fully saturated rings. The number of ketones is 1. The highest BCUT2D eigenvalue weighted by atomic mass is 79.9. The quantitative estimate of drug-likeness (QED) is 0.340. The van der Waals surface area contributed by atoms with Crippen molar-refractivity contribution < 1.29 is 19.4 Å². The Labute approximate surface area is 195 Å². The summed E-state index contributed by atoms with van der Waals surface area (Å²) in [4.78, 5) is 29.3.